The van der Waals surface area contributed by atoms with Crippen molar-refractivity contribution in [3.8, 4) is 0 Å². The molecule has 19 heteroatoms. The molecule has 0 aliphatic rings. The third-order valence-electron chi connectivity index (χ3n) is 9.94. The predicted octanol–water partition coefficient (Wildman–Crippen LogP) is -0.965. The Hall–Kier alpha value is -5.92. The summed E-state index contributed by atoms with van der Waals surface area (Å²) < 4.78 is 0. The highest BCUT2D eigenvalue weighted by Crippen LogP contribution is 2.12. The number of primary amides is 2. The van der Waals surface area contributed by atoms with Gasteiger partial charge in [0.1, 0.15) is 24.4 Å². The fraction of sp³-hybridized carbons (Fsp3) is 0.545. The van der Waals surface area contributed by atoms with Gasteiger partial charge >= 0.3 is 0 Å². The molecule has 0 aliphatic carbocycles. The molecule has 0 heterocycles. The highest BCUT2D eigenvalue weighted by atomic mass is 16.3. The van der Waals surface area contributed by atoms with Gasteiger partial charge in [0, 0.05) is 19.4 Å². The molecule has 63 heavy (non-hydrogen) atoms. The maximum atomic E-state index is 13.9. The van der Waals surface area contributed by atoms with Gasteiger partial charge in [-0.25, -0.2) is 0 Å². The van der Waals surface area contributed by atoms with Crippen molar-refractivity contribution in [2.45, 2.75) is 134 Å². The molecule has 2 aromatic rings. The van der Waals surface area contributed by atoms with Crippen LogP contribution in [0.15, 0.2) is 60.7 Å². The molecule has 0 spiro atoms. The second-order valence-corrected chi connectivity index (χ2v) is 15.9. The SMILES string of the molecule is CCCC[C@H](NC(=O)[C@H](CC(C)C)NC(=O)CNC(=O)[C@H](Cc1ccccc1)N[C@H](O)[C@H](Cc1ccccc1)NC(=O)[C@H](CCC(N)=O)NC(=O)[C@@H](N)CCC(N)=O)C(=O)NCC. The third-order valence-corrected chi connectivity index (χ3v) is 9.94. The molecule has 19 nitrogen and oxygen atoms in total. The molecule has 2 aromatic carbocycles. The van der Waals surface area contributed by atoms with Crippen molar-refractivity contribution in [1.82, 2.24) is 37.2 Å². The van der Waals surface area contributed by atoms with Crippen LogP contribution in [0.1, 0.15) is 90.2 Å². The number of hydrogen-bond acceptors (Lipinski definition) is 11. The first-order chi connectivity index (χ1) is 29.9. The van der Waals surface area contributed by atoms with Crippen molar-refractivity contribution in [2.24, 2.45) is 23.1 Å². The van der Waals surface area contributed by atoms with E-state index in [0.29, 0.717) is 30.5 Å². The van der Waals surface area contributed by atoms with Crippen LogP contribution in [-0.2, 0) is 51.2 Å². The van der Waals surface area contributed by atoms with Crippen molar-refractivity contribution in [3.63, 3.8) is 0 Å². The number of carbonyl (C=O) groups excluding carboxylic acids is 8. The van der Waals surface area contributed by atoms with E-state index in [1.54, 1.807) is 67.6 Å². The van der Waals surface area contributed by atoms with Crippen LogP contribution in [0.4, 0.5) is 0 Å². The minimum atomic E-state index is -1.61. The van der Waals surface area contributed by atoms with Gasteiger partial charge in [-0.1, -0.05) is 94.3 Å². The quantitative estimate of drug-likeness (QED) is 0.0425. The zero-order valence-corrected chi connectivity index (χ0v) is 36.8. The Morgan fingerprint density at radius 2 is 1.13 bits per heavy atom. The van der Waals surface area contributed by atoms with Gasteiger partial charge in [-0.15, -0.1) is 0 Å². The number of likely N-dealkylation sites (N-methyl/N-ethyl adjacent to an activating group) is 1. The molecule has 0 radical (unpaired) electrons. The number of nitrogens with one attached hydrogen (secondary N) is 7. The highest BCUT2D eigenvalue weighted by Gasteiger charge is 2.32. The summed E-state index contributed by atoms with van der Waals surface area (Å²) in [6.45, 7) is 7.37. The van der Waals surface area contributed by atoms with Crippen molar-refractivity contribution in [1.29, 1.82) is 0 Å². The number of carbonyl (C=O) groups is 8. The third kappa shape index (κ3) is 21.1. The summed E-state index contributed by atoms with van der Waals surface area (Å²) in [6.07, 6.45) is -0.120. The average Bonchev–Trinajstić information content (AvgIpc) is 3.24. The molecule has 2 rings (SSSR count). The van der Waals surface area contributed by atoms with Crippen LogP contribution < -0.4 is 54.4 Å². The minimum absolute atomic E-state index is 0.0139. The van der Waals surface area contributed by atoms with E-state index in [4.69, 9.17) is 17.2 Å². The Balaban J connectivity index is 2.33. The van der Waals surface area contributed by atoms with Crippen molar-refractivity contribution >= 4 is 47.3 Å². The smallest absolute Gasteiger partial charge is 0.243 e. The maximum absolute atomic E-state index is 13.9. The lowest BCUT2D eigenvalue weighted by Gasteiger charge is -2.30. The summed E-state index contributed by atoms with van der Waals surface area (Å²) in [5.41, 5.74) is 17.9. The molecule has 0 fully saturated rings. The molecule has 0 bridgehead atoms. The Morgan fingerprint density at radius 3 is 1.68 bits per heavy atom. The molecular formula is C44H68N10O9. The van der Waals surface area contributed by atoms with Crippen LogP contribution in [0.2, 0.25) is 0 Å². The summed E-state index contributed by atoms with van der Waals surface area (Å²) in [4.78, 5) is 103. The van der Waals surface area contributed by atoms with Crippen molar-refractivity contribution in [2.75, 3.05) is 13.1 Å². The zero-order valence-electron chi connectivity index (χ0n) is 36.8. The molecule has 0 saturated carbocycles. The van der Waals surface area contributed by atoms with E-state index >= 15 is 0 Å². The number of benzene rings is 2. The van der Waals surface area contributed by atoms with Gasteiger partial charge in [-0.2, -0.15) is 0 Å². The van der Waals surface area contributed by atoms with Gasteiger partial charge in [0.15, 0.2) is 0 Å². The van der Waals surface area contributed by atoms with Crippen molar-refractivity contribution in [3.05, 3.63) is 71.8 Å². The average molecular weight is 881 g/mol. The molecule has 0 saturated heterocycles. The van der Waals surface area contributed by atoms with E-state index in [2.05, 4.69) is 37.2 Å². The molecule has 8 amide bonds. The summed E-state index contributed by atoms with van der Waals surface area (Å²) in [7, 11) is 0. The summed E-state index contributed by atoms with van der Waals surface area (Å²) in [5, 5.41) is 30.7. The molecule has 0 unspecified atom stereocenters. The Labute approximate surface area is 369 Å². The largest absolute Gasteiger partial charge is 0.376 e. The van der Waals surface area contributed by atoms with Crippen LogP contribution >= 0.6 is 0 Å². The molecule has 0 aromatic heterocycles. The summed E-state index contributed by atoms with van der Waals surface area (Å²) >= 11 is 0. The number of nitrogens with two attached hydrogens (primary N) is 3. The first-order valence-corrected chi connectivity index (χ1v) is 21.5. The van der Waals surface area contributed by atoms with Crippen LogP contribution in [-0.4, -0.2) is 108 Å². The lowest BCUT2D eigenvalue weighted by atomic mass is 10.0. The Morgan fingerprint density at radius 1 is 0.603 bits per heavy atom. The number of hydrogen-bond donors (Lipinski definition) is 11. The van der Waals surface area contributed by atoms with Crippen molar-refractivity contribution < 1.29 is 43.5 Å². The monoisotopic (exact) mass is 881 g/mol. The molecule has 0 aliphatic heterocycles. The zero-order chi connectivity index (χ0) is 46.9. The standard InChI is InChI=1S/C44H68N10O9/c1-5-7-18-31(40(59)48-6-2)52-43(62)33(23-27(3)4)50-38(57)26-49-41(60)34(24-28-14-10-8-11-15-28)53-44(63)35(25-29-16-12-9-13-17-29)54-42(61)32(20-22-37(47)56)51-39(58)30(45)19-21-36(46)55/h8-17,27,30-35,44,53,63H,5-7,18-26,45H2,1-4H3,(H2,46,55)(H2,47,56)(H,48,59)(H,49,60)(H,50,57)(H,51,58)(H,52,62)(H,54,61)/t30-,31-,32-,33-,34-,35-,44+/m0/s1. The number of amides is 8. The Kier molecular flexibility index (Phi) is 24.2. The molecule has 14 N–H and O–H groups in total. The predicted molar refractivity (Wildman–Crippen MR) is 236 cm³/mol. The second kappa shape index (κ2) is 28.6. The Bertz CT molecular complexity index is 1780. The van der Waals surface area contributed by atoms with E-state index in [1.165, 1.54) is 0 Å². The van der Waals surface area contributed by atoms with E-state index in [9.17, 15) is 43.5 Å². The van der Waals surface area contributed by atoms with E-state index in [-0.39, 0.29) is 56.8 Å². The van der Waals surface area contributed by atoms with Gasteiger partial charge in [0.25, 0.3) is 0 Å². The topological polar surface area (TPSA) is 319 Å². The molecule has 348 valence electrons. The molecular weight excluding hydrogens is 813 g/mol. The summed E-state index contributed by atoms with van der Waals surface area (Å²) in [6, 6.07) is 11.1. The number of rotatable bonds is 30. The normalized spacial score (nSPS) is 14.4. The number of aliphatic hydroxyl groups excluding tert-OH is 1. The lowest BCUT2D eigenvalue weighted by Crippen LogP contribution is -2.60. The first-order valence-electron chi connectivity index (χ1n) is 21.5. The maximum Gasteiger partial charge on any atom is 0.243 e. The van der Waals surface area contributed by atoms with Crippen LogP contribution in [0.25, 0.3) is 0 Å². The van der Waals surface area contributed by atoms with Gasteiger partial charge in [-0.3, -0.25) is 43.7 Å². The number of unbranched alkanes of at least 4 members (excludes halogenated alkanes) is 1. The van der Waals surface area contributed by atoms with Gasteiger partial charge < -0.3 is 54.2 Å². The van der Waals surface area contributed by atoms with Gasteiger partial charge in [0.05, 0.1) is 24.7 Å². The highest BCUT2D eigenvalue weighted by molar-refractivity contribution is 5.94. The lowest BCUT2D eigenvalue weighted by molar-refractivity contribution is -0.133. The second-order valence-electron chi connectivity index (χ2n) is 15.9. The van der Waals surface area contributed by atoms with E-state index < -0.39 is 90.4 Å². The van der Waals surface area contributed by atoms with E-state index in [1.807, 2.05) is 20.8 Å². The fourth-order valence-electron chi connectivity index (χ4n) is 6.54. The van der Waals surface area contributed by atoms with Gasteiger partial charge in [-0.05, 0) is 62.5 Å². The van der Waals surface area contributed by atoms with Crippen LogP contribution in [0, 0.1) is 5.92 Å². The number of aliphatic hydroxyl groups is 1. The molecule has 7 atom stereocenters. The fourth-order valence-corrected chi connectivity index (χ4v) is 6.54. The van der Waals surface area contributed by atoms with E-state index in [0.717, 1.165) is 6.42 Å². The minimum Gasteiger partial charge on any atom is -0.376 e. The van der Waals surface area contributed by atoms with Gasteiger partial charge in [0.2, 0.25) is 47.3 Å². The first kappa shape index (κ1) is 53.2. The summed E-state index contributed by atoms with van der Waals surface area (Å²) in [5.74, 6) is -5.21. The van der Waals surface area contributed by atoms with Crippen LogP contribution in [0.3, 0.4) is 0 Å². The van der Waals surface area contributed by atoms with Crippen LogP contribution in [0.5, 0.6) is 0 Å².